The summed E-state index contributed by atoms with van der Waals surface area (Å²) in [6.45, 7) is 0. The molecule has 7 nitrogen and oxygen atoms in total. The van der Waals surface area contributed by atoms with Gasteiger partial charge in [0.15, 0.2) is 0 Å². The maximum Gasteiger partial charge on any atom is 0.240 e. The molecule has 2 aliphatic rings. The smallest absolute Gasteiger partial charge is 0.240 e. The number of anilines is 2. The first-order chi connectivity index (χ1) is 13.5. The van der Waals surface area contributed by atoms with E-state index in [2.05, 4.69) is 15.7 Å². The van der Waals surface area contributed by atoms with Crippen molar-refractivity contribution in [3.8, 4) is 11.4 Å². The molecule has 2 aliphatic heterocycles. The fourth-order valence-electron chi connectivity index (χ4n) is 3.99. The highest BCUT2D eigenvalue weighted by atomic mass is 19.1. The number of hydrogen-bond donors (Lipinski definition) is 2. The third-order valence-corrected chi connectivity index (χ3v) is 5.31. The standard InChI is InChI=1S/C20H15FN4O3/c1-28-13-5-3-12(4-6-13)25-18-15(10-22-25)20(9-17(26)24-18)14-8-11(21)2-7-16(14)23-19(20)27/h2-8,10H,9H2,1H3,(H,23,27)(H,24,26)/t20-/m0/s1. The number of halogens is 1. The molecule has 2 amide bonds. The molecule has 3 aromatic rings. The van der Waals surface area contributed by atoms with Crippen LogP contribution in [-0.2, 0) is 15.0 Å². The van der Waals surface area contributed by atoms with Crippen molar-refractivity contribution in [1.29, 1.82) is 0 Å². The predicted octanol–water partition coefficient (Wildman–Crippen LogP) is 2.60. The zero-order valence-electron chi connectivity index (χ0n) is 14.8. The highest BCUT2D eigenvalue weighted by Gasteiger charge is 2.54. The summed E-state index contributed by atoms with van der Waals surface area (Å²) in [5, 5.41) is 9.97. The molecule has 0 saturated heterocycles. The summed E-state index contributed by atoms with van der Waals surface area (Å²) in [5.41, 5.74) is 0.869. The van der Waals surface area contributed by atoms with Crippen LogP contribution in [0.2, 0.25) is 0 Å². The zero-order chi connectivity index (χ0) is 19.5. The van der Waals surface area contributed by atoms with Crippen LogP contribution in [0.4, 0.5) is 15.9 Å². The molecule has 28 heavy (non-hydrogen) atoms. The van der Waals surface area contributed by atoms with Crippen LogP contribution in [0.1, 0.15) is 17.5 Å². The lowest BCUT2D eigenvalue weighted by molar-refractivity contribution is -0.125. The Morgan fingerprint density at radius 2 is 1.89 bits per heavy atom. The summed E-state index contributed by atoms with van der Waals surface area (Å²) in [4.78, 5) is 25.6. The van der Waals surface area contributed by atoms with Crippen LogP contribution in [0, 0.1) is 5.82 Å². The average molecular weight is 378 g/mol. The lowest BCUT2D eigenvalue weighted by Crippen LogP contribution is -2.43. The number of nitrogens with one attached hydrogen (secondary N) is 2. The van der Waals surface area contributed by atoms with E-state index in [9.17, 15) is 14.0 Å². The van der Waals surface area contributed by atoms with Crippen molar-refractivity contribution in [3.05, 3.63) is 65.6 Å². The molecule has 2 N–H and O–H groups in total. The first-order valence-corrected chi connectivity index (χ1v) is 8.67. The highest BCUT2D eigenvalue weighted by Crippen LogP contribution is 2.50. The van der Waals surface area contributed by atoms with Crippen LogP contribution >= 0.6 is 0 Å². The molecular formula is C20H15FN4O3. The van der Waals surface area contributed by atoms with E-state index in [0.29, 0.717) is 34.1 Å². The zero-order valence-corrected chi connectivity index (χ0v) is 14.8. The molecule has 1 spiro atoms. The molecule has 5 rings (SSSR count). The number of aromatic nitrogens is 2. The van der Waals surface area contributed by atoms with Crippen LogP contribution in [0.15, 0.2) is 48.7 Å². The van der Waals surface area contributed by atoms with Gasteiger partial charge in [0.1, 0.15) is 22.8 Å². The second-order valence-electron chi connectivity index (χ2n) is 6.79. The van der Waals surface area contributed by atoms with Gasteiger partial charge in [-0.05, 0) is 48.0 Å². The Morgan fingerprint density at radius 1 is 1.11 bits per heavy atom. The maximum atomic E-state index is 14.0. The Morgan fingerprint density at radius 3 is 2.64 bits per heavy atom. The van der Waals surface area contributed by atoms with Gasteiger partial charge in [0.05, 0.1) is 19.0 Å². The number of hydrogen-bond acceptors (Lipinski definition) is 4. The Hall–Kier alpha value is -3.68. The minimum atomic E-state index is -1.31. The molecule has 0 fully saturated rings. The lowest BCUT2D eigenvalue weighted by Gasteiger charge is -2.31. The van der Waals surface area contributed by atoms with Crippen LogP contribution in [0.3, 0.4) is 0 Å². The Bertz CT molecular complexity index is 1140. The van der Waals surface area contributed by atoms with E-state index < -0.39 is 11.2 Å². The van der Waals surface area contributed by atoms with Crippen LogP contribution in [0.25, 0.3) is 5.69 Å². The van der Waals surface area contributed by atoms with E-state index in [1.54, 1.807) is 42.3 Å². The molecule has 0 unspecified atom stereocenters. The first kappa shape index (κ1) is 16.5. The third-order valence-electron chi connectivity index (χ3n) is 5.31. The van der Waals surface area contributed by atoms with Crippen molar-refractivity contribution in [2.24, 2.45) is 0 Å². The normalized spacial score (nSPS) is 19.8. The maximum absolute atomic E-state index is 14.0. The molecular weight excluding hydrogens is 363 g/mol. The predicted molar refractivity (Wildman–Crippen MR) is 99.2 cm³/mol. The van der Waals surface area contributed by atoms with Gasteiger partial charge in [0.25, 0.3) is 0 Å². The van der Waals surface area contributed by atoms with Gasteiger partial charge >= 0.3 is 0 Å². The minimum Gasteiger partial charge on any atom is -0.497 e. The second kappa shape index (κ2) is 5.66. The minimum absolute atomic E-state index is 0.114. The quantitative estimate of drug-likeness (QED) is 0.718. The second-order valence-corrected chi connectivity index (χ2v) is 6.79. The summed E-state index contributed by atoms with van der Waals surface area (Å²) in [6, 6.07) is 11.2. The molecule has 0 saturated carbocycles. The van der Waals surface area contributed by atoms with Crippen molar-refractivity contribution in [3.63, 3.8) is 0 Å². The molecule has 8 heteroatoms. The van der Waals surface area contributed by atoms with Gasteiger partial charge in [0, 0.05) is 17.7 Å². The van der Waals surface area contributed by atoms with Gasteiger partial charge in [-0.25, -0.2) is 9.07 Å². The topological polar surface area (TPSA) is 85.2 Å². The fraction of sp³-hybridized carbons (Fsp3) is 0.150. The van der Waals surface area contributed by atoms with Gasteiger partial charge in [-0.1, -0.05) is 0 Å². The van der Waals surface area contributed by atoms with Gasteiger partial charge in [0.2, 0.25) is 11.8 Å². The number of rotatable bonds is 2. The third kappa shape index (κ3) is 2.11. The molecule has 3 heterocycles. The van der Waals surface area contributed by atoms with Gasteiger partial charge in [-0.3, -0.25) is 9.59 Å². The fourth-order valence-corrected chi connectivity index (χ4v) is 3.99. The van der Waals surface area contributed by atoms with E-state index in [0.717, 1.165) is 0 Å². The van der Waals surface area contributed by atoms with Crippen molar-refractivity contribution in [1.82, 2.24) is 9.78 Å². The molecule has 140 valence electrons. The van der Waals surface area contributed by atoms with E-state index in [1.807, 2.05) is 0 Å². The van der Waals surface area contributed by atoms with E-state index in [1.165, 1.54) is 18.2 Å². The number of amides is 2. The Labute approximate surface area is 159 Å². The van der Waals surface area contributed by atoms with Crippen molar-refractivity contribution >= 4 is 23.3 Å². The lowest BCUT2D eigenvalue weighted by atomic mass is 9.72. The summed E-state index contributed by atoms with van der Waals surface area (Å²) >= 11 is 0. The Kier molecular flexibility index (Phi) is 3.33. The summed E-state index contributed by atoms with van der Waals surface area (Å²) in [6.07, 6.45) is 1.44. The number of benzene rings is 2. The van der Waals surface area contributed by atoms with Gasteiger partial charge in [-0.2, -0.15) is 5.10 Å². The molecule has 0 aliphatic carbocycles. The number of methoxy groups -OCH3 is 1. The SMILES string of the molecule is COc1ccc(-n2ncc3c2NC(=O)C[C@@]32C(=O)Nc3ccc(F)cc32)cc1. The summed E-state index contributed by atoms with van der Waals surface area (Å²) in [7, 11) is 1.57. The van der Waals surface area contributed by atoms with E-state index >= 15 is 0 Å². The molecule has 2 aromatic carbocycles. The van der Waals surface area contributed by atoms with E-state index in [-0.39, 0.29) is 18.2 Å². The van der Waals surface area contributed by atoms with Crippen LogP contribution in [0.5, 0.6) is 5.75 Å². The average Bonchev–Trinajstić information content (AvgIpc) is 3.22. The summed E-state index contributed by atoms with van der Waals surface area (Å²) in [5.74, 6) is -0.0864. The van der Waals surface area contributed by atoms with Crippen LogP contribution < -0.4 is 15.4 Å². The highest BCUT2D eigenvalue weighted by molar-refractivity contribution is 6.14. The van der Waals surface area contributed by atoms with Crippen molar-refractivity contribution < 1.29 is 18.7 Å². The number of carbonyl (C=O) groups is 2. The largest absolute Gasteiger partial charge is 0.497 e. The first-order valence-electron chi connectivity index (χ1n) is 8.67. The number of fused-ring (bicyclic) bond motifs is 4. The van der Waals surface area contributed by atoms with Gasteiger partial charge < -0.3 is 15.4 Å². The van der Waals surface area contributed by atoms with E-state index in [4.69, 9.17) is 4.74 Å². The number of carbonyl (C=O) groups excluding carboxylic acids is 2. The van der Waals surface area contributed by atoms with Crippen molar-refractivity contribution in [2.75, 3.05) is 17.7 Å². The number of nitrogens with zero attached hydrogens (tertiary/aromatic N) is 2. The molecule has 1 aromatic heterocycles. The summed E-state index contributed by atoms with van der Waals surface area (Å²) < 4.78 is 20.7. The molecule has 0 bridgehead atoms. The van der Waals surface area contributed by atoms with Crippen molar-refractivity contribution in [2.45, 2.75) is 11.8 Å². The Balaban J connectivity index is 1.72. The monoisotopic (exact) mass is 378 g/mol. The molecule has 0 radical (unpaired) electrons. The molecule has 1 atom stereocenters. The van der Waals surface area contributed by atoms with Gasteiger partial charge in [-0.15, -0.1) is 0 Å². The number of ether oxygens (including phenoxy) is 1. The van der Waals surface area contributed by atoms with Crippen LogP contribution in [-0.4, -0.2) is 28.7 Å².